The molecule has 0 aliphatic carbocycles. The number of nitrogens with one attached hydrogen (secondary N) is 3. The van der Waals surface area contributed by atoms with Crippen LogP contribution in [0.2, 0.25) is 0 Å². The summed E-state index contributed by atoms with van der Waals surface area (Å²) in [6, 6.07) is 3.26. The molecule has 9 nitrogen and oxygen atoms in total. The number of nitrogens with two attached hydrogens (primary N) is 1. The van der Waals surface area contributed by atoms with Gasteiger partial charge < -0.3 is 31.2 Å². The fourth-order valence-electron chi connectivity index (χ4n) is 2.99. The van der Waals surface area contributed by atoms with Crippen LogP contribution >= 0.6 is 0 Å². The molecule has 180 valence electrons. The third-order valence-electron chi connectivity index (χ3n) is 4.63. The van der Waals surface area contributed by atoms with Crippen LogP contribution in [0.5, 0.6) is 0 Å². The van der Waals surface area contributed by atoms with Crippen LogP contribution in [-0.2, 0) is 25.7 Å². The second-order valence-corrected chi connectivity index (χ2v) is 9.32. The number of hydrogen-bond acceptors (Lipinski definition) is 6. The fraction of sp³-hybridized carbons (Fsp3) is 0.609. The Labute approximate surface area is 190 Å². The van der Waals surface area contributed by atoms with E-state index in [0.29, 0.717) is 18.7 Å². The van der Waals surface area contributed by atoms with Crippen LogP contribution in [0, 0.1) is 13.8 Å². The van der Waals surface area contributed by atoms with Gasteiger partial charge in [0.15, 0.2) is 0 Å². The molecule has 0 unspecified atom stereocenters. The number of hydrogen-bond donors (Lipinski definition) is 4. The van der Waals surface area contributed by atoms with Crippen molar-refractivity contribution < 1.29 is 23.9 Å². The molecule has 3 amide bonds. The Morgan fingerprint density at radius 3 is 2.16 bits per heavy atom. The van der Waals surface area contributed by atoms with Crippen molar-refractivity contribution in [1.82, 2.24) is 10.6 Å². The predicted octanol–water partition coefficient (Wildman–Crippen LogP) is 2.87. The fourth-order valence-corrected chi connectivity index (χ4v) is 2.99. The van der Waals surface area contributed by atoms with E-state index in [-0.39, 0.29) is 37.1 Å². The smallest absolute Gasteiger partial charge is 0.320 e. The largest absolute Gasteiger partial charge is 0.461 e. The average Bonchev–Trinajstić information content (AvgIpc) is 2.61. The number of rotatable bonds is 11. The van der Waals surface area contributed by atoms with Gasteiger partial charge in [0.1, 0.15) is 6.61 Å². The Morgan fingerprint density at radius 1 is 1.03 bits per heavy atom. The normalized spacial score (nSPS) is 11.6. The van der Waals surface area contributed by atoms with Crippen molar-refractivity contribution in [3.63, 3.8) is 0 Å². The van der Waals surface area contributed by atoms with Gasteiger partial charge in [-0.25, -0.2) is 4.79 Å². The molecule has 0 radical (unpaired) electrons. The molecule has 0 saturated carbocycles. The van der Waals surface area contributed by atoms with Crippen LogP contribution in [0.4, 0.5) is 10.5 Å². The maximum atomic E-state index is 12.2. The molecule has 0 fully saturated rings. The van der Waals surface area contributed by atoms with Crippen molar-refractivity contribution in [2.75, 3.05) is 18.6 Å². The van der Waals surface area contributed by atoms with Gasteiger partial charge in [-0.2, -0.15) is 0 Å². The molecule has 9 heteroatoms. The van der Waals surface area contributed by atoms with Crippen LogP contribution in [0.3, 0.4) is 0 Å². The second-order valence-electron chi connectivity index (χ2n) is 9.32. The summed E-state index contributed by atoms with van der Waals surface area (Å²) >= 11 is 0. The minimum atomic E-state index is -0.639. The number of benzene rings is 1. The summed E-state index contributed by atoms with van der Waals surface area (Å²) in [6.07, 6.45) is 0.840. The van der Waals surface area contributed by atoms with Crippen molar-refractivity contribution >= 4 is 23.6 Å². The molecule has 0 atom stereocenters. The van der Waals surface area contributed by atoms with Crippen LogP contribution in [-0.4, -0.2) is 42.3 Å². The van der Waals surface area contributed by atoms with Gasteiger partial charge in [-0.15, -0.1) is 0 Å². The number of urea groups is 1. The zero-order valence-corrected chi connectivity index (χ0v) is 20.3. The van der Waals surface area contributed by atoms with Crippen molar-refractivity contribution in [2.45, 2.75) is 79.1 Å². The number of ether oxygens (including phenoxy) is 2. The van der Waals surface area contributed by atoms with Gasteiger partial charge in [-0.1, -0.05) is 12.1 Å². The minimum Gasteiger partial charge on any atom is -0.461 e. The zero-order chi connectivity index (χ0) is 24.5. The molecule has 0 spiro atoms. The van der Waals surface area contributed by atoms with E-state index in [4.69, 9.17) is 15.2 Å². The van der Waals surface area contributed by atoms with E-state index in [0.717, 1.165) is 16.7 Å². The number of aryl methyl sites for hydroxylation is 2. The molecule has 1 rings (SSSR count). The monoisotopic (exact) mass is 450 g/mol. The van der Waals surface area contributed by atoms with E-state index in [2.05, 4.69) is 16.0 Å². The lowest BCUT2D eigenvalue weighted by atomic mass is 10.0. The Bertz CT molecular complexity index is 792. The van der Waals surface area contributed by atoms with E-state index in [9.17, 15) is 14.4 Å². The molecule has 0 heterocycles. The summed E-state index contributed by atoms with van der Waals surface area (Å²) in [7, 11) is 0. The van der Waals surface area contributed by atoms with Gasteiger partial charge in [0.25, 0.3) is 0 Å². The Hall–Kier alpha value is -2.65. The molecule has 32 heavy (non-hydrogen) atoms. The summed E-state index contributed by atoms with van der Waals surface area (Å²) in [5.41, 5.74) is 8.16. The lowest BCUT2D eigenvalue weighted by Gasteiger charge is -2.27. The van der Waals surface area contributed by atoms with Crippen molar-refractivity contribution in [2.24, 2.45) is 5.73 Å². The second kappa shape index (κ2) is 11.8. The highest BCUT2D eigenvalue weighted by molar-refractivity contribution is 5.91. The molecule has 0 aromatic heterocycles. The summed E-state index contributed by atoms with van der Waals surface area (Å²) in [4.78, 5) is 35.4. The highest BCUT2D eigenvalue weighted by atomic mass is 16.5. The average molecular weight is 451 g/mol. The Balaban J connectivity index is 2.46. The SMILES string of the molecule is CC(=O)OCc1cc(C)c(NC(=O)NCNC(=O)CC(C)(C)OCCC(C)(C)N)c(C)c1. The number of anilines is 1. The van der Waals surface area contributed by atoms with E-state index >= 15 is 0 Å². The first-order chi connectivity index (χ1) is 14.7. The predicted molar refractivity (Wildman–Crippen MR) is 124 cm³/mol. The van der Waals surface area contributed by atoms with Crippen LogP contribution in [0.25, 0.3) is 0 Å². The number of carbonyl (C=O) groups is 3. The molecule has 0 aliphatic rings. The third-order valence-corrected chi connectivity index (χ3v) is 4.63. The van der Waals surface area contributed by atoms with Crippen LogP contribution in [0.15, 0.2) is 12.1 Å². The molecular formula is C23H38N4O5. The molecule has 0 bridgehead atoms. The first-order valence-corrected chi connectivity index (χ1v) is 10.7. The van der Waals surface area contributed by atoms with Gasteiger partial charge in [-0.3, -0.25) is 9.59 Å². The topological polar surface area (TPSA) is 132 Å². The van der Waals surface area contributed by atoms with Gasteiger partial charge in [-0.05, 0) is 64.7 Å². The quantitative estimate of drug-likeness (QED) is 0.303. The number of esters is 1. The minimum absolute atomic E-state index is 0.0147. The first kappa shape index (κ1) is 27.4. The lowest BCUT2D eigenvalue weighted by molar-refractivity contribution is -0.142. The summed E-state index contributed by atoms with van der Waals surface area (Å²) < 4.78 is 10.8. The van der Waals surface area contributed by atoms with Crippen molar-refractivity contribution in [1.29, 1.82) is 0 Å². The van der Waals surface area contributed by atoms with Crippen molar-refractivity contribution in [3.8, 4) is 0 Å². The van der Waals surface area contributed by atoms with Crippen molar-refractivity contribution in [3.05, 3.63) is 28.8 Å². The molecule has 0 saturated heterocycles. The van der Waals surface area contributed by atoms with Crippen LogP contribution < -0.4 is 21.7 Å². The molecule has 1 aromatic rings. The maximum absolute atomic E-state index is 12.2. The molecule has 0 aliphatic heterocycles. The zero-order valence-electron chi connectivity index (χ0n) is 20.3. The first-order valence-electron chi connectivity index (χ1n) is 10.7. The van der Waals surface area contributed by atoms with E-state index in [1.54, 1.807) is 0 Å². The van der Waals surface area contributed by atoms with Gasteiger partial charge >= 0.3 is 12.0 Å². The van der Waals surface area contributed by atoms with Gasteiger partial charge in [0, 0.05) is 24.8 Å². The molecule has 5 N–H and O–H groups in total. The van der Waals surface area contributed by atoms with E-state index in [1.165, 1.54) is 6.92 Å². The Morgan fingerprint density at radius 2 is 1.62 bits per heavy atom. The summed E-state index contributed by atoms with van der Waals surface area (Å²) in [5.74, 6) is -0.581. The summed E-state index contributed by atoms with van der Waals surface area (Å²) in [5, 5.41) is 8.06. The maximum Gasteiger partial charge on any atom is 0.320 e. The highest BCUT2D eigenvalue weighted by Crippen LogP contribution is 2.22. The highest BCUT2D eigenvalue weighted by Gasteiger charge is 2.23. The lowest BCUT2D eigenvalue weighted by Crippen LogP contribution is -2.42. The summed E-state index contributed by atoms with van der Waals surface area (Å²) in [6.45, 7) is 13.2. The molecule has 1 aromatic carbocycles. The number of amides is 3. The van der Waals surface area contributed by atoms with E-state index in [1.807, 2.05) is 53.7 Å². The van der Waals surface area contributed by atoms with Gasteiger partial charge in [0.2, 0.25) is 5.91 Å². The Kier molecular flexibility index (Phi) is 10.1. The van der Waals surface area contributed by atoms with Crippen LogP contribution in [0.1, 0.15) is 64.2 Å². The van der Waals surface area contributed by atoms with E-state index < -0.39 is 11.6 Å². The molecular weight excluding hydrogens is 412 g/mol. The van der Waals surface area contributed by atoms with Gasteiger partial charge in [0.05, 0.1) is 18.7 Å². The third kappa shape index (κ3) is 11.1. The number of carbonyl (C=O) groups excluding carboxylic acids is 3. The standard InChI is InChI=1S/C23H38N4O5/c1-15-10-18(13-31-17(3)28)11-16(2)20(15)27-21(30)26-14-25-19(29)12-23(6,7)32-9-8-22(4,5)24/h10-11H,8-9,12-14,24H2,1-7H3,(H,25,29)(H2,26,27,30).